The highest BCUT2D eigenvalue weighted by Crippen LogP contribution is 2.29. The first-order chi connectivity index (χ1) is 9.05. The smallest absolute Gasteiger partial charge is 0.417 e. The van der Waals surface area contributed by atoms with Crippen LogP contribution in [0.2, 0.25) is 0 Å². The number of carbonyl (C=O) groups is 1. The van der Waals surface area contributed by atoms with Crippen LogP contribution in [0.25, 0.3) is 0 Å². The number of halogens is 3. The number of carboxylic acids is 1. The Kier molecular flexibility index (Phi) is 4.71. The molecule has 20 heavy (non-hydrogen) atoms. The fraction of sp³-hybridized carbons (Fsp3) is 0.400. The van der Waals surface area contributed by atoms with Crippen molar-refractivity contribution >= 4 is 16.0 Å². The number of aromatic nitrogens is 1. The van der Waals surface area contributed by atoms with Gasteiger partial charge in [0.15, 0.2) is 5.03 Å². The van der Waals surface area contributed by atoms with Crippen LogP contribution in [0.3, 0.4) is 0 Å². The van der Waals surface area contributed by atoms with Crippen molar-refractivity contribution in [2.75, 3.05) is 13.6 Å². The first kappa shape index (κ1) is 16.4. The molecular weight excluding hydrogens is 301 g/mol. The van der Waals surface area contributed by atoms with E-state index in [0.29, 0.717) is 12.3 Å². The van der Waals surface area contributed by atoms with Gasteiger partial charge >= 0.3 is 12.1 Å². The number of sulfonamides is 1. The van der Waals surface area contributed by atoms with Gasteiger partial charge in [-0.15, -0.1) is 0 Å². The topological polar surface area (TPSA) is 87.6 Å². The second-order valence-electron chi connectivity index (χ2n) is 3.85. The maximum atomic E-state index is 12.3. The lowest BCUT2D eigenvalue weighted by Gasteiger charge is -2.15. The molecular formula is C10H11F3N2O4S. The molecule has 6 nitrogen and oxygen atoms in total. The van der Waals surface area contributed by atoms with Gasteiger partial charge in [-0.1, -0.05) is 0 Å². The van der Waals surface area contributed by atoms with Crippen molar-refractivity contribution in [1.29, 1.82) is 0 Å². The van der Waals surface area contributed by atoms with Crippen LogP contribution in [0.1, 0.15) is 12.0 Å². The summed E-state index contributed by atoms with van der Waals surface area (Å²) in [4.78, 5) is 13.6. The molecule has 1 rings (SSSR count). The fourth-order valence-electron chi connectivity index (χ4n) is 1.23. The van der Waals surface area contributed by atoms with Crippen LogP contribution < -0.4 is 0 Å². The predicted octanol–water partition coefficient (Wildman–Crippen LogP) is 1.20. The Hall–Kier alpha value is -1.68. The zero-order chi connectivity index (χ0) is 15.6. The van der Waals surface area contributed by atoms with Crippen molar-refractivity contribution < 1.29 is 31.5 Å². The lowest BCUT2D eigenvalue weighted by Crippen LogP contribution is -2.30. The predicted molar refractivity (Wildman–Crippen MR) is 61.3 cm³/mol. The number of aliphatic carboxylic acids is 1. The molecule has 0 amide bonds. The second kappa shape index (κ2) is 5.75. The minimum atomic E-state index is -4.61. The van der Waals surface area contributed by atoms with Gasteiger partial charge in [-0.05, 0) is 12.1 Å². The summed E-state index contributed by atoms with van der Waals surface area (Å²) in [6, 6.07) is 1.33. The van der Waals surface area contributed by atoms with E-state index in [1.165, 1.54) is 0 Å². The number of carboxylic acid groups (broad SMARTS) is 1. The largest absolute Gasteiger partial charge is 0.481 e. The molecule has 112 valence electrons. The average molecular weight is 312 g/mol. The van der Waals surface area contributed by atoms with Crippen LogP contribution in [0, 0.1) is 0 Å². The maximum Gasteiger partial charge on any atom is 0.417 e. The molecule has 0 fully saturated rings. The number of hydrogen-bond donors (Lipinski definition) is 1. The van der Waals surface area contributed by atoms with Crippen LogP contribution in [0.5, 0.6) is 0 Å². The molecule has 0 aliphatic rings. The van der Waals surface area contributed by atoms with E-state index in [9.17, 15) is 26.4 Å². The van der Waals surface area contributed by atoms with E-state index in [0.717, 1.165) is 17.4 Å². The van der Waals surface area contributed by atoms with Crippen LogP contribution in [-0.2, 0) is 21.0 Å². The number of alkyl halides is 3. The van der Waals surface area contributed by atoms with Crippen LogP contribution in [0.15, 0.2) is 23.4 Å². The highest BCUT2D eigenvalue weighted by atomic mass is 32.2. The van der Waals surface area contributed by atoms with Crippen LogP contribution >= 0.6 is 0 Å². The Labute approximate surface area is 112 Å². The van der Waals surface area contributed by atoms with Gasteiger partial charge in [-0.2, -0.15) is 17.5 Å². The Morgan fingerprint density at radius 2 is 2.00 bits per heavy atom. The highest BCUT2D eigenvalue weighted by Gasteiger charge is 2.32. The maximum absolute atomic E-state index is 12.3. The van der Waals surface area contributed by atoms with Gasteiger partial charge < -0.3 is 5.11 Å². The van der Waals surface area contributed by atoms with Gasteiger partial charge in [-0.3, -0.25) is 4.79 Å². The number of pyridine rings is 1. The van der Waals surface area contributed by atoms with Gasteiger partial charge in [0.2, 0.25) is 0 Å². The van der Waals surface area contributed by atoms with Crippen LogP contribution in [-0.4, -0.2) is 42.4 Å². The van der Waals surface area contributed by atoms with E-state index in [4.69, 9.17) is 5.11 Å². The molecule has 0 radical (unpaired) electrons. The molecule has 0 spiro atoms. The van der Waals surface area contributed by atoms with Crippen molar-refractivity contribution in [3.63, 3.8) is 0 Å². The van der Waals surface area contributed by atoms with Crippen molar-refractivity contribution in [3.8, 4) is 0 Å². The fourth-order valence-corrected chi connectivity index (χ4v) is 2.31. The van der Waals surface area contributed by atoms with Crippen molar-refractivity contribution in [2.24, 2.45) is 0 Å². The number of rotatable bonds is 5. The molecule has 0 aliphatic heterocycles. The molecule has 1 aromatic rings. The number of hydrogen-bond acceptors (Lipinski definition) is 4. The summed E-state index contributed by atoms with van der Waals surface area (Å²) >= 11 is 0. The first-order valence-corrected chi connectivity index (χ1v) is 6.70. The summed E-state index contributed by atoms with van der Waals surface area (Å²) < 4.78 is 61.5. The highest BCUT2D eigenvalue weighted by molar-refractivity contribution is 7.89. The Morgan fingerprint density at radius 3 is 2.40 bits per heavy atom. The van der Waals surface area contributed by atoms with E-state index in [1.54, 1.807) is 0 Å². The summed E-state index contributed by atoms with van der Waals surface area (Å²) in [6.45, 7) is -0.305. The Bertz CT molecular complexity index is 584. The summed E-state index contributed by atoms with van der Waals surface area (Å²) in [6.07, 6.45) is -4.61. The normalized spacial score (nSPS) is 12.7. The summed E-state index contributed by atoms with van der Waals surface area (Å²) in [5.41, 5.74) is -1.07. The second-order valence-corrected chi connectivity index (χ2v) is 5.84. The third kappa shape index (κ3) is 3.90. The average Bonchev–Trinajstić information content (AvgIpc) is 2.34. The van der Waals surface area contributed by atoms with E-state index < -0.39 is 39.2 Å². The summed E-state index contributed by atoms with van der Waals surface area (Å²) in [5, 5.41) is 7.89. The molecule has 0 unspecified atom stereocenters. The first-order valence-electron chi connectivity index (χ1n) is 5.26. The minimum absolute atomic E-state index is 0.305. The van der Waals surface area contributed by atoms with Gasteiger partial charge in [0.25, 0.3) is 10.0 Å². The Balaban J connectivity index is 2.96. The summed E-state index contributed by atoms with van der Waals surface area (Å²) in [5.74, 6) is -1.19. The van der Waals surface area contributed by atoms with Gasteiger partial charge in [0, 0.05) is 19.8 Å². The van der Waals surface area contributed by atoms with E-state index in [-0.39, 0.29) is 6.54 Å². The zero-order valence-corrected chi connectivity index (χ0v) is 11.1. The third-order valence-electron chi connectivity index (χ3n) is 2.38. The monoisotopic (exact) mass is 312 g/mol. The number of nitrogens with zero attached hydrogens (tertiary/aromatic N) is 2. The zero-order valence-electron chi connectivity index (χ0n) is 10.3. The molecule has 1 N–H and O–H groups in total. The Morgan fingerprint density at radius 1 is 1.40 bits per heavy atom. The van der Waals surface area contributed by atoms with Gasteiger partial charge in [0.05, 0.1) is 12.0 Å². The van der Waals surface area contributed by atoms with E-state index in [1.807, 2.05) is 0 Å². The molecule has 0 saturated heterocycles. The van der Waals surface area contributed by atoms with Gasteiger partial charge in [0.1, 0.15) is 0 Å². The van der Waals surface area contributed by atoms with Crippen molar-refractivity contribution in [2.45, 2.75) is 17.6 Å². The van der Waals surface area contributed by atoms with E-state index in [2.05, 4.69) is 4.98 Å². The summed E-state index contributed by atoms with van der Waals surface area (Å²) in [7, 11) is -2.98. The molecule has 0 saturated carbocycles. The molecule has 10 heteroatoms. The standard InChI is InChI=1S/C10H11F3N2O4S/c1-15(5-4-9(16)17)20(18,19)8-3-2-7(6-14-8)10(11,12)13/h2-3,6H,4-5H2,1H3,(H,16,17). The van der Waals surface area contributed by atoms with Crippen LogP contribution in [0.4, 0.5) is 13.2 Å². The van der Waals surface area contributed by atoms with Crippen molar-refractivity contribution in [1.82, 2.24) is 9.29 Å². The molecule has 0 aliphatic carbocycles. The quantitative estimate of drug-likeness (QED) is 0.882. The molecule has 0 bridgehead atoms. The van der Waals surface area contributed by atoms with E-state index >= 15 is 0 Å². The molecule has 1 heterocycles. The minimum Gasteiger partial charge on any atom is -0.481 e. The van der Waals surface area contributed by atoms with Gasteiger partial charge in [-0.25, -0.2) is 13.4 Å². The molecule has 0 aromatic carbocycles. The van der Waals surface area contributed by atoms with Crippen molar-refractivity contribution in [3.05, 3.63) is 23.9 Å². The lowest BCUT2D eigenvalue weighted by atomic mass is 10.3. The SMILES string of the molecule is CN(CCC(=O)O)S(=O)(=O)c1ccc(C(F)(F)F)cn1. The molecule has 1 aromatic heterocycles. The molecule has 0 atom stereocenters. The lowest BCUT2D eigenvalue weighted by molar-refractivity contribution is -0.138. The third-order valence-corrected chi connectivity index (χ3v) is 4.15.